The van der Waals surface area contributed by atoms with Gasteiger partial charge in [0.1, 0.15) is 24.5 Å². The second-order valence-corrected chi connectivity index (χ2v) is 29.8. The zero-order valence-electron chi connectivity index (χ0n) is 54.0. The maximum atomic E-state index is 14.4. The first-order valence-corrected chi connectivity index (χ1v) is 33.1. The fraction of sp³-hybridized carbons (Fsp3) is 0.742. The number of aliphatic imine (C=N–C) groups is 3. The quantitative estimate of drug-likeness (QED) is 0.0551. The predicted molar refractivity (Wildman–Crippen MR) is 334 cm³/mol. The van der Waals surface area contributed by atoms with Crippen LogP contribution < -0.4 is 50.4 Å². The van der Waals surface area contributed by atoms with Crippen LogP contribution in [0, 0.1) is 57.2 Å². The van der Waals surface area contributed by atoms with E-state index >= 15 is 0 Å². The molecule has 3 saturated heterocycles. The number of allylic oxidation sites excluding steroid dienone is 6. The van der Waals surface area contributed by atoms with E-state index in [1.54, 1.807) is 0 Å². The van der Waals surface area contributed by atoms with E-state index < -0.39 is 143 Å². The van der Waals surface area contributed by atoms with Gasteiger partial charge in [-0.15, -0.1) is 0 Å². The number of fused-ring (bicyclic) bond motifs is 7. The molecule has 18 N–H and O–H groups in total. The molecule has 7 aliphatic heterocycles. The molecule has 27 nitrogen and oxygen atoms in total. The van der Waals surface area contributed by atoms with Gasteiger partial charge in [0.05, 0.1) is 31.0 Å². The monoisotopic (exact) mass is 1280 g/mol. The lowest BCUT2D eigenvalue weighted by Gasteiger charge is -2.48. The normalized spacial score (nSPS) is 37.2. The van der Waals surface area contributed by atoms with Crippen molar-refractivity contribution in [1.82, 2.24) is 20.9 Å². The Hall–Kier alpha value is -5.77. The van der Waals surface area contributed by atoms with E-state index in [9.17, 15) is 53.2 Å². The number of hydrogen-bond acceptors (Lipinski definition) is 19. The van der Waals surface area contributed by atoms with Crippen LogP contribution in [0.1, 0.15) is 160 Å². The number of ether oxygens (including phenoxy) is 1. The number of phosphoric acid groups is 1. The lowest BCUT2D eigenvalue weighted by atomic mass is 9.55. The Morgan fingerprint density at radius 1 is 0.822 bits per heavy atom. The summed E-state index contributed by atoms with van der Waals surface area (Å²) in [6.07, 6.45) is -3.27. The van der Waals surface area contributed by atoms with Gasteiger partial charge in [-0.1, -0.05) is 48.5 Å². The minimum Gasteiger partial charge on any atom is -0.394 e. The maximum Gasteiger partial charge on any atom is 0.472 e. The topological polar surface area (TPSA) is 457 Å². The number of aliphatic hydroxyl groups is 2. The van der Waals surface area contributed by atoms with Crippen LogP contribution in [-0.2, 0) is 51.9 Å². The van der Waals surface area contributed by atoms with Gasteiger partial charge in [-0.3, -0.25) is 67.8 Å². The number of rotatable bonds is 26. The Labute approximate surface area is 526 Å². The van der Waals surface area contributed by atoms with E-state index in [1.165, 1.54) is 6.92 Å². The van der Waals surface area contributed by atoms with Crippen LogP contribution in [0.4, 0.5) is 0 Å². The number of phosphoric ester groups is 1. The van der Waals surface area contributed by atoms with E-state index in [1.807, 2.05) is 66.4 Å². The predicted octanol–water partition coefficient (Wildman–Crippen LogP) is 1.99. The highest BCUT2D eigenvalue weighted by Gasteiger charge is 2.66. The molecule has 8 aliphatic rings. The molecule has 1 saturated carbocycles. The molecule has 0 radical (unpaired) electrons. The molecule has 90 heavy (non-hydrogen) atoms. The zero-order valence-corrected chi connectivity index (χ0v) is 54.9. The molecule has 7 amide bonds. The molecule has 4 fully saturated rings. The van der Waals surface area contributed by atoms with Crippen molar-refractivity contribution in [2.75, 3.05) is 19.8 Å². The van der Waals surface area contributed by atoms with Crippen LogP contribution in [0.25, 0.3) is 0 Å². The Balaban J connectivity index is 1.18. The van der Waals surface area contributed by atoms with Crippen molar-refractivity contribution in [1.29, 1.82) is 0 Å². The van der Waals surface area contributed by atoms with E-state index in [0.717, 1.165) is 12.8 Å². The number of carbonyl (C=O) groups is 7. The van der Waals surface area contributed by atoms with Gasteiger partial charge in [0.25, 0.3) is 0 Å². The fourth-order valence-electron chi connectivity index (χ4n) is 16.8. The summed E-state index contributed by atoms with van der Waals surface area (Å²) in [6.45, 7) is 20.4. The van der Waals surface area contributed by atoms with Crippen LogP contribution in [-0.4, -0.2) is 153 Å². The molecule has 0 aromatic rings. The molecule has 8 rings (SSSR count). The van der Waals surface area contributed by atoms with Gasteiger partial charge in [0.2, 0.25) is 41.4 Å². The summed E-state index contributed by atoms with van der Waals surface area (Å²) < 4.78 is 31.0. The highest BCUT2D eigenvalue weighted by molar-refractivity contribution is 7.47. The average molecular weight is 1280 g/mol. The van der Waals surface area contributed by atoms with Crippen LogP contribution in [0.2, 0.25) is 0 Å². The summed E-state index contributed by atoms with van der Waals surface area (Å²) in [5.41, 5.74) is 34.3. The number of hydrogen-bond donors (Lipinski definition) is 12. The first-order valence-electron chi connectivity index (χ1n) is 31.6. The second kappa shape index (κ2) is 26.3. The van der Waals surface area contributed by atoms with Crippen LogP contribution in [0.15, 0.2) is 49.3 Å². The summed E-state index contributed by atoms with van der Waals surface area (Å²) >= 11 is 0. The highest BCUT2D eigenvalue weighted by Crippen LogP contribution is 2.63. The Morgan fingerprint density at radius 2 is 1.42 bits per heavy atom. The fourth-order valence-corrected chi connectivity index (χ4v) is 17.9. The number of nitrogens with one attached hydrogen (secondary N) is 3. The molecule has 0 spiro atoms. The molecule has 0 aromatic carbocycles. The van der Waals surface area contributed by atoms with Crippen molar-refractivity contribution in [3.05, 3.63) is 34.3 Å². The van der Waals surface area contributed by atoms with Gasteiger partial charge in [0, 0.05) is 143 Å². The third kappa shape index (κ3) is 13.4. The molecule has 0 aromatic heterocycles. The molecular formula is C62H98N13O14P. The first kappa shape index (κ1) is 70.1. The molecule has 1 aliphatic carbocycles. The highest BCUT2D eigenvalue weighted by atomic mass is 31.2. The van der Waals surface area contributed by atoms with Crippen molar-refractivity contribution in [2.45, 2.75) is 214 Å². The Morgan fingerprint density at radius 3 is 2.01 bits per heavy atom. The van der Waals surface area contributed by atoms with Crippen LogP contribution in [0.5, 0.6) is 0 Å². The van der Waals surface area contributed by atoms with Crippen molar-refractivity contribution in [3.63, 3.8) is 0 Å². The molecule has 5 unspecified atom stereocenters. The second-order valence-electron chi connectivity index (χ2n) is 28.5. The standard InChI is InChI=1S/C62H98N13O14P/c1-29-20-39-40(21-30(29)2)75(28-70-39)57-52(84)53(41(27-76)87-57)89-90(85,86)88-31(3)26-69-49(83)18-19-59(8)37(22-46(66)80)56-62(11)61(10,25-48(68)82)36(14-17-45(65)79)51(74-62)33(5)55-60(9,24-47(67)81)34(12-15-43(63)77)38(71-55)23-42-58(6,7)35(13-16-44(64)78)50(72-42)32(4)54(59)73-56/h23,29-31,34-37,39-41,52-53,56-57,70-71,76,84H,12-22,24-28H2,1-11H3,(H2,63,77)(H2,64,78)(H2,65,79)(H2,66,80)(H2,67,81)(H2,68,82)(H,69,83)(H,85,86)/t29?,30?,31-,34-,35-,36-,37+,39?,40?,41-,52-,53-,56-,57+,59-,60+,61+,62+/m1/s1. The smallest absolute Gasteiger partial charge is 0.394 e. The maximum absolute atomic E-state index is 14.4. The Bertz CT molecular complexity index is 3150. The van der Waals surface area contributed by atoms with E-state index in [0.29, 0.717) is 63.9 Å². The summed E-state index contributed by atoms with van der Waals surface area (Å²) in [6, 6.07) is -0.841. The third-order valence-electron chi connectivity index (χ3n) is 22.1. The number of nitrogens with two attached hydrogens (primary N) is 6. The van der Waals surface area contributed by atoms with E-state index in [2.05, 4.69) is 29.8 Å². The third-order valence-corrected chi connectivity index (χ3v) is 23.2. The van der Waals surface area contributed by atoms with Crippen molar-refractivity contribution in [3.8, 4) is 0 Å². The number of primary amides is 6. The number of nitrogens with zero attached hydrogens (tertiary/aromatic N) is 4. The SMILES string of the molecule is CC1=C2N=C(C=C3NC(=C(C)C4=N[C@@](C)([C@@H]5N=C1[C@](C)(CCC(=O)NC[C@@H](C)OP(=O)(O)O[C@H]1[C@@H](O)[C@@H](N6CNC7CC(C)C(C)CC76)O[C@@H]1CO)[C@H]5CC(N)=O)[C@@](C)(CC(N)=O)[C@@H]4CCC(N)=O)[C@@](C)(CC(N)=O)[C@@H]3CCC(N)=O)C(C)(C)[C@@H]2CCC(N)=O. The minimum atomic E-state index is -5.02. The van der Waals surface area contributed by atoms with Crippen molar-refractivity contribution < 1.29 is 67.0 Å². The summed E-state index contributed by atoms with van der Waals surface area (Å²) in [4.78, 5) is 123. The number of amides is 7. The average Bonchev–Trinajstić information content (AvgIpc) is 1.53. The Kier molecular flexibility index (Phi) is 20.5. The largest absolute Gasteiger partial charge is 0.472 e. The molecule has 8 bridgehead atoms. The summed E-state index contributed by atoms with van der Waals surface area (Å²) in [5, 5.41) is 31.9. The lowest BCUT2D eigenvalue weighted by molar-refractivity contribution is -0.124. The van der Waals surface area contributed by atoms with Gasteiger partial charge >= 0.3 is 7.82 Å². The van der Waals surface area contributed by atoms with Crippen molar-refractivity contribution >= 4 is 66.3 Å². The van der Waals surface area contributed by atoms with Crippen LogP contribution in [0.3, 0.4) is 0 Å². The van der Waals surface area contributed by atoms with E-state index in [-0.39, 0.29) is 89.3 Å². The lowest BCUT2D eigenvalue weighted by Crippen LogP contribution is -2.56. The molecule has 500 valence electrons. The van der Waals surface area contributed by atoms with Gasteiger partial charge < -0.3 is 64.9 Å². The molecular weight excluding hydrogens is 1180 g/mol. The number of carbonyl (C=O) groups excluding carboxylic acids is 7. The molecule has 7 heterocycles. The van der Waals surface area contributed by atoms with Crippen molar-refractivity contribution in [2.24, 2.45) is 107 Å². The summed E-state index contributed by atoms with van der Waals surface area (Å²) in [7, 11) is -5.02. The van der Waals surface area contributed by atoms with Gasteiger partial charge in [0.15, 0.2) is 0 Å². The molecule has 19 atom stereocenters. The molecule has 28 heteroatoms. The van der Waals surface area contributed by atoms with Crippen LogP contribution >= 0.6 is 7.82 Å². The van der Waals surface area contributed by atoms with E-state index in [4.69, 9.17) is 63.2 Å². The summed E-state index contributed by atoms with van der Waals surface area (Å²) in [5.74, 6) is -6.19. The zero-order chi connectivity index (χ0) is 66.7. The van der Waals surface area contributed by atoms with Gasteiger partial charge in [-0.25, -0.2) is 4.57 Å². The number of aliphatic hydroxyl groups excluding tert-OH is 2. The van der Waals surface area contributed by atoms with Gasteiger partial charge in [-0.2, -0.15) is 0 Å². The minimum absolute atomic E-state index is 0.00318. The van der Waals surface area contributed by atoms with Gasteiger partial charge in [-0.05, 0) is 95.3 Å². The first-order chi connectivity index (χ1) is 41.8.